The molecular formula is C21H23N3O7. The molecule has 2 aromatic carbocycles. The maximum Gasteiger partial charge on any atom is 0.323 e. The van der Waals surface area contributed by atoms with Gasteiger partial charge in [0.2, 0.25) is 11.9 Å². The summed E-state index contributed by atoms with van der Waals surface area (Å²) in [6.45, 7) is 6.19. The molecule has 0 aromatic heterocycles. The zero-order valence-electron chi connectivity index (χ0n) is 17.5. The number of aromatic hydroxyl groups is 1. The van der Waals surface area contributed by atoms with E-state index in [4.69, 9.17) is 14.2 Å². The topological polar surface area (TPSA) is 133 Å². The van der Waals surface area contributed by atoms with Crippen LogP contribution >= 0.6 is 0 Å². The molecule has 1 unspecified atom stereocenters. The Bertz CT molecular complexity index is 1040. The minimum Gasteiger partial charge on any atom is -0.504 e. The van der Waals surface area contributed by atoms with Crippen molar-refractivity contribution in [1.82, 2.24) is 5.43 Å². The van der Waals surface area contributed by atoms with Crippen molar-refractivity contribution in [1.29, 1.82) is 0 Å². The van der Waals surface area contributed by atoms with Gasteiger partial charge in [0.25, 0.3) is 5.91 Å². The summed E-state index contributed by atoms with van der Waals surface area (Å²) < 4.78 is 16.3. The Kier molecular flexibility index (Phi) is 6.00. The highest BCUT2D eigenvalue weighted by Gasteiger charge is 2.29. The largest absolute Gasteiger partial charge is 0.504 e. The van der Waals surface area contributed by atoms with Gasteiger partial charge in [0, 0.05) is 0 Å². The molecule has 10 nitrogen and oxygen atoms in total. The van der Waals surface area contributed by atoms with E-state index in [-0.39, 0.29) is 29.1 Å². The molecule has 10 heteroatoms. The average molecular weight is 429 g/mol. The molecule has 1 amide bonds. The summed E-state index contributed by atoms with van der Waals surface area (Å²) in [4.78, 5) is 23.1. The quantitative estimate of drug-likeness (QED) is 0.424. The van der Waals surface area contributed by atoms with Gasteiger partial charge in [0.1, 0.15) is 6.61 Å². The number of carbonyl (C=O) groups excluding carboxylic acids is 1. The van der Waals surface area contributed by atoms with Crippen LogP contribution in [-0.2, 0) is 10.2 Å². The second kappa shape index (κ2) is 8.50. The summed E-state index contributed by atoms with van der Waals surface area (Å²) in [5, 5.41) is 24.8. The first-order chi connectivity index (χ1) is 14.6. The van der Waals surface area contributed by atoms with Gasteiger partial charge in [-0.3, -0.25) is 14.9 Å². The maximum absolute atomic E-state index is 12.4. The van der Waals surface area contributed by atoms with Crippen LogP contribution in [0.5, 0.6) is 23.0 Å². The van der Waals surface area contributed by atoms with Crippen molar-refractivity contribution >= 4 is 17.8 Å². The minimum atomic E-state index is -0.941. The number of nitrogens with one attached hydrogen (secondary N) is 1. The summed E-state index contributed by atoms with van der Waals surface area (Å²) >= 11 is 0. The summed E-state index contributed by atoms with van der Waals surface area (Å²) in [5.74, 6) is -0.238. The first kappa shape index (κ1) is 21.9. The SMILES string of the molecule is COc1c(O)ccc(C=NNC(=O)C2COc3ccc(C(C)(C)C)cc3O2)c1[N+](=O)[O-]. The Balaban J connectivity index is 1.73. The Labute approximate surface area is 178 Å². The van der Waals surface area contributed by atoms with Crippen LogP contribution in [0.25, 0.3) is 0 Å². The highest BCUT2D eigenvalue weighted by Crippen LogP contribution is 2.38. The minimum absolute atomic E-state index is 0.00357. The molecule has 164 valence electrons. The summed E-state index contributed by atoms with van der Waals surface area (Å²) in [6.07, 6.45) is 0.150. The predicted molar refractivity (Wildman–Crippen MR) is 112 cm³/mol. The molecule has 1 aliphatic heterocycles. The Morgan fingerprint density at radius 3 is 2.71 bits per heavy atom. The summed E-state index contributed by atoms with van der Waals surface area (Å²) in [7, 11) is 1.20. The number of amides is 1. The molecule has 0 bridgehead atoms. The fraction of sp³-hybridized carbons (Fsp3) is 0.333. The summed E-state index contributed by atoms with van der Waals surface area (Å²) in [6, 6.07) is 8.11. The predicted octanol–water partition coefficient (Wildman–Crippen LogP) is 2.90. The molecular weight excluding hydrogens is 406 g/mol. The molecule has 0 saturated carbocycles. The molecule has 31 heavy (non-hydrogen) atoms. The highest BCUT2D eigenvalue weighted by molar-refractivity contribution is 5.90. The van der Waals surface area contributed by atoms with Crippen molar-refractivity contribution in [2.45, 2.75) is 32.3 Å². The number of phenols is 1. The summed E-state index contributed by atoms with van der Waals surface area (Å²) in [5.41, 5.74) is 2.80. The normalized spacial score (nSPS) is 15.5. The van der Waals surface area contributed by atoms with Gasteiger partial charge in [-0.2, -0.15) is 5.10 Å². The Morgan fingerprint density at radius 1 is 1.32 bits per heavy atom. The third-order valence-corrected chi connectivity index (χ3v) is 4.67. The van der Waals surface area contributed by atoms with E-state index in [1.165, 1.54) is 19.2 Å². The number of carbonyl (C=O) groups is 1. The van der Waals surface area contributed by atoms with Crippen molar-refractivity contribution in [3.8, 4) is 23.0 Å². The van der Waals surface area contributed by atoms with Crippen molar-refractivity contribution in [3.05, 3.63) is 51.6 Å². The van der Waals surface area contributed by atoms with Gasteiger partial charge in [0.15, 0.2) is 17.2 Å². The lowest BCUT2D eigenvalue weighted by molar-refractivity contribution is -0.386. The molecule has 0 aliphatic carbocycles. The second-order valence-electron chi connectivity index (χ2n) is 7.88. The number of rotatable bonds is 5. The lowest BCUT2D eigenvalue weighted by Gasteiger charge is -2.27. The third-order valence-electron chi connectivity index (χ3n) is 4.67. The van der Waals surface area contributed by atoms with Crippen LogP contribution in [0, 0.1) is 10.1 Å². The molecule has 2 N–H and O–H groups in total. The van der Waals surface area contributed by atoms with Crippen LogP contribution in [0.1, 0.15) is 31.9 Å². The average Bonchev–Trinajstić information content (AvgIpc) is 2.72. The van der Waals surface area contributed by atoms with E-state index in [0.717, 1.165) is 11.8 Å². The number of nitro benzene ring substituents is 1. The smallest absolute Gasteiger partial charge is 0.323 e. The number of nitro groups is 1. The second-order valence-corrected chi connectivity index (χ2v) is 7.88. The van der Waals surface area contributed by atoms with E-state index in [1.54, 1.807) is 6.07 Å². The van der Waals surface area contributed by atoms with Gasteiger partial charge in [-0.1, -0.05) is 26.8 Å². The number of hydrogen-bond donors (Lipinski definition) is 2. The number of methoxy groups -OCH3 is 1. The van der Waals surface area contributed by atoms with Crippen LogP contribution in [0.3, 0.4) is 0 Å². The lowest BCUT2D eigenvalue weighted by atomic mass is 9.87. The first-order valence-electron chi connectivity index (χ1n) is 9.43. The molecule has 2 aromatic rings. The van der Waals surface area contributed by atoms with Gasteiger partial charge in [-0.05, 0) is 35.2 Å². The highest BCUT2D eigenvalue weighted by atomic mass is 16.6. The third kappa shape index (κ3) is 4.68. The van der Waals surface area contributed by atoms with Crippen molar-refractivity contribution in [3.63, 3.8) is 0 Å². The Morgan fingerprint density at radius 2 is 2.06 bits per heavy atom. The molecule has 1 atom stereocenters. The molecule has 3 rings (SSSR count). The van der Waals surface area contributed by atoms with Crippen molar-refractivity contribution < 1.29 is 29.0 Å². The first-order valence-corrected chi connectivity index (χ1v) is 9.43. The van der Waals surface area contributed by atoms with E-state index in [2.05, 4.69) is 31.3 Å². The molecule has 0 saturated heterocycles. The number of benzene rings is 2. The van der Waals surface area contributed by atoms with Crippen LogP contribution < -0.4 is 19.6 Å². The fourth-order valence-corrected chi connectivity index (χ4v) is 2.97. The molecule has 0 spiro atoms. The standard InChI is InChI=1S/C21H23N3O7/c1-21(2,3)13-6-8-15-16(9-13)31-17(11-30-15)20(26)23-22-10-12-5-7-14(25)19(29-4)18(12)24(27)28/h5-10,17,25H,11H2,1-4H3,(H,23,26). The van der Waals surface area contributed by atoms with Crippen molar-refractivity contribution in [2.75, 3.05) is 13.7 Å². The van der Waals surface area contributed by atoms with Gasteiger partial charge in [0.05, 0.1) is 23.8 Å². The lowest BCUT2D eigenvalue weighted by Crippen LogP contribution is -2.42. The van der Waals surface area contributed by atoms with Crippen LogP contribution in [0.2, 0.25) is 0 Å². The number of hydrazone groups is 1. The molecule has 1 heterocycles. The van der Waals surface area contributed by atoms with E-state index >= 15 is 0 Å². The fourth-order valence-electron chi connectivity index (χ4n) is 2.97. The van der Waals surface area contributed by atoms with Crippen LogP contribution in [0.15, 0.2) is 35.4 Å². The van der Waals surface area contributed by atoms with E-state index in [1.807, 2.05) is 12.1 Å². The molecule has 1 aliphatic rings. The van der Waals surface area contributed by atoms with E-state index in [0.29, 0.717) is 11.5 Å². The van der Waals surface area contributed by atoms with E-state index < -0.39 is 22.6 Å². The van der Waals surface area contributed by atoms with Gasteiger partial charge >= 0.3 is 5.69 Å². The zero-order valence-corrected chi connectivity index (χ0v) is 17.5. The van der Waals surface area contributed by atoms with Crippen LogP contribution in [-0.4, -0.2) is 42.0 Å². The number of hydrogen-bond acceptors (Lipinski definition) is 8. The van der Waals surface area contributed by atoms with Gasteiger partial charge in [-0.25, -0.2) is 5.43 Å². The van der Waals surface area contributed by atoms with Crippen LogP contribution in [0.4, 0.5) is 5.69 Å². The van der Waals surface area contributed by atoms with E-state index in [9.17, 15) is 20.0 Å². The van der Waals surface area contributed by atoms with Crippen molar-refractivity contribution in [2.24, 2.45) is 5.10 Å². The molecule has 0 fully saturated rings. The van der Waals surface area contributed by atoms with Gasteiger partial charge in [-0.15, -0.1) is 0 Å². The number of phenolic OH excluding ortho intramolecular Hbond substituents is 1. The maximum atomic E-state index is 12.4. The number of ether oxygens (including phenoxy) is 3. The number of nitrogens with zero attached hydrogens (tertiary/aromatic N) is 2. The zero-order chi connectivity index (χ0) is 22.8. The van der Waals surface area contributed by atoms with Gasteiger partial charge < -0.3 is 19.3 Å². The molecule has 0 radical (unpaired) electrons. The Hall–Kier alpha value is -3.82. The monoisotopic (exact) mass is 429 g/mol. The number of fused-ring (bicyclic) bond motifs is 1.